The maximum Gasteiger partial charge on any atom is 0.222 e. The normalized spacial score (nSPS) is 12.6. The molecule has 0 saturated heterocycles. The highest BCUT2D eigenvalue weighted by Gasteiger charge is 2.18. The summed E-state index contributed by atoms with van der Waals surface area (Å²) in [6.07, 6.45) is 0.150. The predicted octanol–water partition coefficient (Wildman–Crippen LogP) is 1.76. The molecule has 1 atom stereocenters. The lowest BCUT2D eigenvalue weighted by Gasteiger charge is -2.21. The minimum absolute atomic E-state index is 0.150. The molecule has 6 heteroatoms. The minimum atomic E-state index is -0.473. The molecule has 0 heterocycles. The summed E-state index contributed by atoms with van der Waals surface area (Å²) in [5.41, 5.74) is 6.18. The van der Waals surface area contributed by atoms with Crippen molar-refractivity contribution in [2.24, 2.45) is 5.73 Å². The van der Waals surface area contributed by atoms with E-state index >= 15 is 0 Å². The number of benzene rings is 1. The number of nitrogens with one attached hydrogen (secondary N) is 2. The maximum absolute atomic E-state index is 12.0. The molecule has 0 radical (unpaired) electrons. The largest absolute Gasteiger partial charge is 0.354 e. The van der Waals surface area contributed by atoms with Gasteiger partial charge >= 0.3 is 0 Å². The van der Waals surface area contributed by atoms with Crippen molar-refractivity contribution in [3.8, 4) is 0 Å². The molecule has 0 bridgehead atoms. The van der Waals surface area contributed by atoms with Crippen LogP contribution in [0.1, 0.15) is 38.8 Å². The smallest absolute Gasteiger partial charge is 0.222 e. The lowest BCUT2D eigenvalue weighted by molar-refractivity contribution is -0.123. The third-order valence-electron chi connectivity index (χ3n) is 2.78. The summed E-state index contributed by atoms with van der Waals surface area (Å²) < 4.78 is 0. The molecule has 5 nitrogen and oxygen atoms in total. The first-order valence-corrected chi connectivity index (χ1v) is 7.13. The van der Waals surface area contributed by atoms with Crippen LogP contribution in [0.3, 0.4) is 0 Å². The van der Waals surface area contributed by atoms with E-state index in [4.69, 9.17) is 17.3 Å². The van der Waals surface area contributed by atoms with Crippen molar-refractivity contribution >= 4 is 23.4 Å². The van der Waals surface area contributed by atoms with Gasteiger partial charge in [0.05, 0.1) is 12.5 Å². The molecule has 0 aliphatic carbocycles. The minimum Gasteiger partial charge on any atom is -0.354 e. The van der Waals surface area contributed by atoms with Crippen LogP contribution in [0.4, 0.5) is 0 Å². The highest BCUT2D eigenvalue weighted by Crippen LogP contribution is 2.19. The van der Waals surface area contributed by atoms with Crippen molar-refractivity contribution in [3.05, 3.63) is 34.9 Å². The average Bonchev–Trinajstić information content (AvgIpc) is 2.35. The highest BCUT2D eigenvalue weighted by atomic mass is 35.5. The fourth-order valence-electron chi connectivity index (χ4n) is 1.78. The molecule has 0 aromatic heterocycles. The van der Waals surface area contributed by atoms with Crippen LogP contribution in [0.5, 0.6) is 0 Å². The van der Waals surface area contributed by atoms with Gasteiger partial charge in [-0.2, -0.15) is 0 Å². The van der Waals surface area contributed by atoms with Crippen molar-refractivity contribution in [3.63, 3.8) is 0 Å². The van der Waals surface area contributed by atoms with E-state index in [1.54, 1.807) is 24.3 Å². The second-order valence-electron chi connectivity index (χ2n) is 5.77. The zero-order valence-corrected chi connectivity index (χ0v) is 13.3. The van der Waals surface area contributed by atoms with Crippen molar-refractivity contribution in [2.75, 3.05) is 6.54 Å². The quantitative estimate of drug-likeness (QED) is 0.748. The second-order valence-corrected chi connectivity index (χ2v) is 6.21. The van der Waals surface area contributed by atoms with Gasteiger partial charge in [0, 0.05) is 24.0 Å². The molecule has 0 saturated carbocycles. The van der Waals surface area contributed by atoms with Gasteiger partial charge in [-0.15, -0.1) is 0 Å². The summed E-state index contributed by atoms with van der Waals surface area (Å²) in [4.78, 5) is 23.3. The number of carbonyl (C=O) groups is 2. The Labute approximate surface area is 130 Å². The summed E-state index contributed by atoms with van der Waals surface area (Å²) in [5.74, 6) is -0.357. The molecule has 21 heavy (non-hydrogen) atoms. The van der Waals surface area contributed by atoms with Crippen LogP contribution >= 0.6 is 11.6 Å². The molecule has 1 unspecified atom stereocenters. The number of rotatable bonds is 6. The van der Waals surface area contributed by atoms with Crippen molar-refractivity contribution < 1.29 is 9.59 Å². The topological polar surface area (TPSA) is 84.2 Å². The Bertz CT molecular complexity index is 495. The molecule has 1 rings (SSSR count). The number of hydrogen-bond donors (Lipinski definition) is 3. The lowest BCUT2D eigenvalue weighted by Crippen LogP contribution is -2.45. The van der Waals surface area contributed by atoms with Crippen LogP contribution < -0.4 is 16.4 Å². The summed E-state index contributed by atoms with van der Waals surface area (Å²) in [6.45, 7) is 5.46. The Morgan fingerprint density at radius 3 is 2.33 bits per heavy atom. The van der Waals surface area contributed by atoms with Crippen molar-refractivity contribution in [1.29, 1.82) is 0 Å². The summed E-state index contributed by atoms with van der Waals surface area (Å²) in [5, 5.41) is 6.14. The zero-order chi connectivity index (χ0) is 16.0. The van der Waals surface area contributed by atoms with E-state index in [1.807, 2.05) is 13.8 Å². The van der Waals surface area contributed by atoms with Gasteiger partial charge in [0.1, 0.15) is 0 Å². The van der Waals surface area contributed by atoms with Gasteiger partial charge in [-0.05, 0) is 31.5 Å². The molecule has 2 amide bonds. The molecular formula is C15H22ClN3O2. The summed E-state index contributed by atoms with van der Waals surface area (Å²) in [7, 11) is 0. The van der Waals surface area contributed by atoms with Crippen LogP contribution in [0.25, 0.3) is 0 Å². The van der Waals surface area contributed by atoms with Crippen LogP contribution in [-0.2, 0) is 9.59 Å². The Morgan fingerprint density at radius 2 is 1.86 bits per heavy atom. The van der Waals surface area contributed by atoms with Gasteiger partial charge < -0.3 is 16.4 Å². The Hall–Kier alpha value is -1.59. The van der Waals surface area contributed by atoms with Gasteiger partial charge in [-0.3, -0.25) is 9.59 Å². The van der Waals surface area contributed by atoms with E-state index < -0.39 is 5.54 Å². The summed E-state index contributed by atoms with van der Waals surface area (Å²) in [6, 6.07) is 6.66. The zero-order valence-electron chi connectivity index (χ0n) is 12.6. The van der Waals surface area contributed by atoms with E-state index in [-0.39, 0.29) is 24.3 Å². The van der Waals surface area contributed by atoms with E-state index in [9.17, 15) is 9.59 Å². The van der Waals surface area contributed by atoms with Gasteiger partial charge in [-0.1, -0.05) is 23.7 Å². The van der Waals surface area contributed by atoms with Crippen LogP contribution in [-0.4, -0.2) is 23.9 Å². The van der Waals surface area contributed by atoms with E-state index in [2.05, 4.69) is 10.6 Å². The van der Waals surface area contributed by atoms with E-state index in [0.29, 0.717) is 11.6 Å². The Balaban J connectivity index is 2.72. The van der Waals surface area contributed by atoms with Gasteiger partial charge in [0.2, 0.25) is 11.8 Å². The third-order valence-corrected chi connectivity index (χ3v) is 3.03. The molecule has 1 aromatic rings. The number of nitrogens with two attached hydrogens (primary N) is 1. The predicted molar refractivity (Wildman–Crippen MR) is 83.9 cm³/mol. The number of carbonyl (C=O) groups excluding carboxylic acids is 2. The SMILES string of the molecule is CC(=O)NC(CC(=O)NCC(C)(C)N)c1ccc(Cl)cc1. The number of hydrogen-bond acceptors (Lipinski definition) is 3. The molecule has 4 N–H and O–H groups in total. The van der Waals surface area contributed by atoms with Crippen molar-refractivity contribution in [2.45, 2.75) is 38.8 Å². The van der Waals surface area contributed by atoms with Gasteiger partial charge in [0.25, 0.3) is 0 Å². The second kappa shape index (κ2) is 7.43. The standard InChI is InChI=1S/C15H22ClN3O2/c1-10(20)19-13(11-4-6-12(16)7-5-11)8-14(21)18-9-15(2,3)17/h4-7,13H,8-9,17H2,1-3H3,(H,18,21)(H,19,20). The first-order chi connectivity index (χ1) is 9.67. The van der Waals surface area contributed by atoms with Crippen molar-refractivity contribution in [1.82, 2.24) is 10.6 Å². The maximum atomic E-state index is 12.0. The monoisotopic (exact) mass is 311 g/mol. The Kier molecular flexibility index (Phi) is 6.18. The van der Waals surface area contributed by atoms with Crippen LogP contribution in [0.2, 0.25) is 5.02 Å². The van der Waals surface area contributed by atoms with Crippen LogP contribution in [0, 0.1) is 0 Å². The fourth-order valence-corrected chi connectivity index (χ4v) is 1.90. The average molecular weight is 312 g/mol. The first-order valence-electron chi connectivity index (χ1n) is 6.75. The van der Waals surface area contributed by atoms with E-state index in [0.717, 1.165) is 5.56 Å². The first kappa shape index (κ1) is 17.5. The van der Waals surface area contributed by atoms with Gasteiger partial charge in [0.15, 0.2) is 0 Å². The van der Waals surface area contributed by atoms with E-state index in [1.165, 1.54) is 6.92 Å². The van der Waals surface area contributed by atoms with Gasteiger partial charge in [-0.25, -0.2) is 0 Å². The fraction of sp³-hybridized carbons (Fsp3) is 0.467. The van der Waals surface area contributed by atoms with Crippen LogP contribution in [0.15, 0.2) is 24.3 Å². The molecule has 0 fully saturated rings. The third kappa shape index (κ3) is 7.11. The number of amides is 2. The molecule has 0 aliphatic rings. The molecule has 116 valence electrons. The molecule has 0 aliphatic heterocycles. The molecular weight excluding hydrogens is 290 g/mol. The molecule has 1 aromatic carbocycles. The number of halogens is 1. The lowest BCUT2D eigenvalue weighted by atomic mass is 10.0. The summed E-state index contributed by atoms with van der Waals surface area (Å²) >= 11 is 5.85. The Morgan fingerprint density at radius 1 is 1.29 bits per heavy atom. The highest BCUT2D eigenvalue weighted by molar-refractivity contribution is 6.30. The molecule has 0 spiro atoms.